The van der Waals surface area contributed by atoms with Crippen LogP contribution < -0.4 is 4.90 Å². The molecule has 61 heavy (non-hydrogen) atoms. The van der Waals surface area contributed by atoms with Crippen LogP contribution in [0.2, 0.25) is 0 Å². The highest BCUT2D eigenvalue weighted by molar-refractivity contribution is 7.26. The molecule has 0 radical (unpaired) electrons. The van der Waals surface area contributed by atoms with E-state index in [1.807, 2.05) is 11.3 Å². The van der Waals surface area contributed by atoms with Gasteiger partial charge >= 0.3 is 0 Å². The molecule has 0 spiro atoms. The molecular weight excluding hydrogens is 755 g/mol. The van der Waals surface area contributed by atoms with E-state index < -0.39 is 5.41 Å². The molecule has 12 rings (SSSR count). The van der Waals surface area contributed by atoms with Gasteiger partial charge in [0.25, 0.3) is 0 Å². The highest BCUT2D eigenvalue weighted by Crippen LogP contribution is 2.56. The van der Waals surface area contributed by atoms with Gasteiger partial charge in [0.1, 0.15) is 0 Å². The van der Waals surface area contributed by atoms with E-state index in [-0.39, 0.29) is 0 Å². The molecule has 1 aliphatic carbocycles. The van der Waals surface area contributed by atoms with Crippen molar-refractivity contribution in [1.82, 2.24) is 0 Å². The van der Waals surface area contributed by atoms with Crippen LogP contribution in [0.25, 0.3) is 64.3 Å². The Labute approximate surface area is 360 Å². The van der Waals surface area contributed by atoms with Gasteiger partial charge in [-0.3, -0.25) is 0 Å². The van der Waals surface area contributed by atoms with E-state index in [1.165, 1.54) is 86.6 Å². The third kappa shape index (κ3) is 5.68. The number of thiophene rings is 1. The quantitative estimate of drug-likeness (QED) is 0.155. The molecule has 0 saturated heterocycles. The Morgan fingerprint density at radius 1 is 0.328 bits per heavy atom. The third-order valence-corrected chi connectivity index (χ3v) is 14.0. The van der Waals surface area contributed by atoms with Crippen LogP contribution in [0, 0.1) is 0 Å². The second-order valence-electron chi connectivity index (χ2n) is 16.0. The van der Waals surface area contributed by atoms with Crippen LogP contribution in [0.5, 0.6) is 0 Å². The highest BCUT2D eigenvalue weighted by atomic mass is 32.1. The summed E-state index contributed by atoms with van der Waals surface area (Å²) in [6.07, 6.45) is 0. The minimum atomic E-state index is -0.456. The standard InChI is InChI=1S/C59H39NS/c1-2-17-45(18-3-1)59(55-25-9-6-20-51(55)52-21-7-10-26-56(52)59)46-32-36-48(37-33-46)60(47-34-30-41(31-35-47)43-29-28-40-14-4-5-15-42(40)38-43)49-19-12-16-44(39-49)50-23-13-24-54-53-22-8-11-27-57(53)61-58(50)54/h1-39H. The lowest BCUT2D eigenvalue weighted by Gasteiger charge is -2.34. The van der Waals surface area contributed by atoms with Crippen LogP contribution in [-0.2, 0) is 5.41 Å². The first kappa shape index (κ1) is 35.4. The van der Waals surface area contributed by atoms with E-state index >= 15 is 0 Å². The molecule has 0 amide bonds. The molecule has 1 aromatic heterocycles. The van der Waals surface area contributed by atoms with Gasteiger partial charge in [-0.1, -0.05) is 188 Å². The summed E-state index contributed by atoms with van der Waals surface area (Å²) in [4.78, 5) is 2.41. The molecule has 1 heterocycles. The predicted molar refractivity (Wildman–Crippen MR) is 260 cm³/mol. The molecule has 0 saturated carbocycles. The van der Waals surface area contributed by atoms with E-state index in [4.69, 9.17) is 0 Å². The maximum absolute atomic E-state index is 2.41. The van der Waals surface area contributed by atoms with E-state index in [1.54, 1.807) is 0 Å². The minimum absolute atomic E-state index is 0.456. The van der Waals surface area contributed by atoms with Crippen molar-refractivity contribution in [3.8, 4) is 33.4 Å². The lowest BCUT2D eigenvalue weighted by atomic mass is 9.68. The van der Waals surface area contributed by atoms with Gasteiger partial charge in [-0.05, 0) is 115 Å². The van der Waals surface area contributed by atoms with Crippen molar-refractivity contribution in [2.75, 3.05) is 4.90 Å². The first-order chi connectivity index (χ1) is 30.2. The fourth-order valence-electron chi connectivity index (χ4n) is 9.98. The van der Waals surface area contributed by atoms with Crippen molar-refractivity contribution in [2.24, 2.45) is 0 Å². The molecule has 0 fully saturated rings. The van der Waals surface area contributed by atoms with Crippen LogP contribution >= 0.6 is 11.3 Å². The van der Waals surface area contributed by atoms with E-state index in [0.717, 1.165) is 17.1 Å². The summed E-state index contributed by atoms with van der Waals surface area (Å²) in [6, 6.07) is 87.2. The summed E-state index contributed by atoms with van der Waals surface area (Å²) in [5.74, 6) is 0. The van der Waals surface area contributed by atoms with E-state index in [2.05, 4.69) is 241 Å². The smallest absolute Gasteiger partial charge is 0.0713 e. The predicted octanol–water partition coefficient (Wildman–Crippen LogP) is 16.4. The molecule has 2 heteroatoms. The van der Waals surface area contributed by atoms with Crippen LogP contribution in [0.15, 0.2) is 237 Å². The van der Waals surface area contributed by atoms with Gasteiger partial charge in [0.05, 0.1) is 5.41 Å². The number of fused-ring (bicyclic) bond motifs is 7. The summed E-state index contributed by atoms with van der Waals surface area (Å²) in [6.45, 7) is 0. The number of rotatable bonds is 7. The van der Waals surface area contributed by atoms with Crippen molar-refractivity contribution < 1.29 is 0 Å². The van der Waals surface area contributed by atoms with Gasteiger partial charge < -0.3 is 4.90 Å². The zero-order chi connectivity index (χ0) is 40.3. The molecule has 11 aromatic rings. The molecule has 1 nitrogen and oxygen atoms in total. The summed E-state index contributed by atoms with van der Waals surface area (Å²) in [5.41, 5.74) is 15.5. The zero-order valence-corrected chi connectivity index (χ0v) is 34.2. The minimum Gasteiger partial charge on any atom is -0.310 e. The van der Waals surface area contributed by atoms with Gasteiger partial charge in [-0.15, -0.1) is 11.3 Å². The zero-order valence-electron chi connectivity index (χ0n) is 33.4. The average Bonchev–Trinajstić information content (AvgIpc) is 3.87. The first-order valence-electron chi connectivity index (χ1n) is 21.0. The molecule has 1 aliphatic rings. The van der Waals surface area contributed by atoms with Gasteiger partial charge in [-0.2, -0.15) is 0 Å². The summed E-state index contributed by atoms with van der Waals surface area (Å²) >= 11 is 1.88. The molecule has 0 bridgehead atoms. The summed E-state index contributed by atoms with van der Waals surface area (Å²) < 4.78 is 2.63. The summed E-state index contributed by atoms with van der Waals surface area (Å²) in [5, 5.41) is 5.12. The Balaban J connectivity index is 1.02. The number of benzene rings is 10. The van der Waals surface area contributed by atoms with Gasteiger partial charge in [0.2, 0.25) is 0 Å². The molecular formula is C59H39NS. The Kier molecular flexibility index (Phi) is 8.33. The topological polar surface area (TPSA) is 3.24 Å². The molecule has 0 N–H and O–H groups in total. The highest BCUT2D eigenvalue weighted by Gasteiger charge is 2.45. The van der Waals surface area contributed by atoms with E-state index in [9.17, 15) is 0 Å². The fraction of sp³-hybridized carbons (Fsp3) is 0.0169. The monoisotopic (exact) mass is 793 g/mol. The maximum atomic E-state index is 2.41. The average molecular weight is 794 g/mol. The van der Waals surface area contributed by atoms with Gasteiger partial charge in [0, 0.05) is 37.2 Å². The second-order valence-corrected chi connectivity index (χ2v) is 17.1. The number of hydrogen-bond acceptors (Lipinski definition) is 2. The van der Waals surface area contributed by atoms with Crippen LogP contribution in [-0.4, -0.2) is 0 Å². The van der Waals surface area contributed by atoms with Crippen LogP contribution in [0.1, 0.15) is 22.3 Å². The van der Waals surface area contributed by atoms with Gasteiger partial charge in [0.15, 0.2) is 0 Å². The maximum Gasteiger partial charge on any atom is 0.0713 e. The first-order valence-corrected chi connectivity index (χ1v) is 21.8. The van der Waals surface area contributed by atoms with Crippen molar-refractivity contribution in [2.45, 2.75) is 5.41 Å². The Morgan fingerprint density at radius 2 is 0.902 bits per heavy atom. The third-order valence-electron chi connectivity index (χ3n) is 12.7. The molecule has 10 aromatic carbocycles. The van der Waals surface area contributed by atoms with Crippen molar-refractivity contribution >= 4 is 59.3 Å². The molecule has 0 aliphatic heterocycles. The SMILES string of the molecule is c1ccc(C2(c3ccc(N(c4ccc(-c5ccc6ccccc6c5)cc4)c4cccc(-c5cccc6c5sc5ccccc56)c4)cc3)c3ccccc3-c3ccccc32)cc1. The van der Waals surface area contributed by atoms with Crippen molar-refractivity contribution in [3.05, 3.63) is 259 Å². The largest absolute Gasteiger partial charge is 0.310 e. The van der Waals surface area contributed by atoms with Crippen molar-refractivity contribution in [1.29, 1.82) is 0 Å². The van der Waals surface area contributed by atoms with E-state index in [0.29, 0.717) is 0 Å². The second kappa shape index (κ2) is 14.3. The van der Waals surface area contributed by atoms with Gasteiger partial charge in [-0.25, -0.2) is 0 Å². The molecule has 0 atom stereocenters. The fourth-order valence-corrected chi connectivity index (χ4v) is 11.2. The normalized spacial score (nSPS) is 12.7. The number of anilines is 3. The Bertz CT molecular complexity index is 3370. The van der Waals surface area contributed by atoms with Crippen LogP contribution in [0.4, 0.5) is 17.1 Å². The summed E-state index contributed by atoms with van der Waals surface area (Å²) in [7, 11) is 0. The number of nitrogens with zero attached hydrogens (tertiary/aromatic N) is 1. The van der Waals surface area contributed by atoms with Crippen LogP contribution in [0.3, 0.4) is 0 Å². The lowest BCUT2D eigenvalue weighted by Crippen LogP contribution is -2.28. The molecule has 0 unspecified atom stereocenters. The molecule has 286 valence electrons. The Hall–Kier alpha value is -7.52. The lowest BCUT2D eigenvalue weighted by molar-refractivity contribution is 0.768. The van der Waals surface area contributed by atoms with Crippen molar-refractivity contribution in [3.63, 3.8) is 0 Å². The number of hydrogen-bond donors (Lipinski definition) is 0. The Morgan fingerprint density at radius 3 is 1.67 bits per heavy atom.